The molecule has 0 aliphatic carbocycles. The molecule has 0 atom stereocenters. The van der Waals surface area contributed by atoms with Crippen molar-refractivity contribution < 1.29 is 4.79 Å². The average molecular weight is 303 g/mol. The molecular formula is C16H21N3OS. The summed E-state index contributed by atoms with van der Waals surface area (Å²) in [5, 5.41) is 3.79. The molecule has 1 aromatic heterocycles. The van der Waals surface area contributed by atoms with Crippen LogP contribution in [-0.4, -0.2) is 21.2 Å². The summed E-state index contributed by atoms with van der Waals surface area (Å²) in [6.07, 6.45) is 3.68. The molecule has 4 nitrogen and oxygen atoms in total. The van der Waals surface area contributed by atoms with E-state index in [9.17, 15) is 4.79 Å². The van der Waals surface area contributed by atoms with Crippen LogP contribution in [0.3, 0.4) is 0 Å². The zero-order valence-electron chi connectivity index (χ0n) is 12.7. The van der Waals surface area contributed by atoms with Crippen LogP contribution in [-0.2, 0) is 11.3 Å². The van der Waals surface area contributed by atoms with Crippen LogP contribution in [0.4, 0.5) is 5.69 Å². The maximum absolute atomic E-state index is 12.0. The maximum Gasteiger partial charge on any atom is 0.234 e. The highest BCUT2D eigenvalue weighted by Crippen LogP contribution is 2.19. The molecule has 1 aromatic carbocycles. The van der Waals surface area contributed by atoms with Crippen molar-refractivity contribution in [3.63, 3.8) is 0 Å². The fraction of sp³-hybridized carbons (Fsp3) is 0.375. The molecule has 0 spiro atoms. The number of hydrogen-bond acceptors (Lipinski definition) is 3. The summed E-state index contributed by atoms with van der Waals surface area (Å²) < 4.78 is 2.02. The first-order chi connectivity index (χ1) is 10.1. The average Bonchev–Trinajstić information content (AvgIpc) is 2.93. The minimum absolute atomic E-state index is 0.0112. The zero-order valence-corrected chi connectivity index (χ0v) is 13.5. The molecule has 0 aliphatic heterocycles. The smallest absolute Gasteiger partial charge is 0.234 e. The van der Waals surface area contributed by atoms with E-state index in [1.54, 1.807) is 6.20 Å². The van der Waals surface area contributed by atoms with E-state index in [2.05, 4.69) is 43.2 Å². The van der Waals surface area contributed by atoms with Gasteiger partial charge in [-0.15, -0.1) is 0 Å². The number of benzene rings is 1. The number of hydrogen-bond donors (Lipinski definition) is 1. The molecule has 2 rings (SSSR count). The highest BCUT2D eigenvalue weighted by atomic mass is 32.2. The fourth-order valence-corrected chi connectivity index (χ4v) is 2.78. The Morgan fingerprint density at radius 2 is 2.05 bits per heavy atom. The Morgan fingerprint density at radius 1 is 1.33 bits per heavy atom. The van der Waals surface area contributed by atoms with Gasteiger partial charge < -0.3 is 9.88 Å². The maximum atomic E-state index is 12.0. The number of nitrogens with one attached hydrogen (secondary N) is 1. The first kappa shape index (κ1) is 15.6. The van der Waals surface area contributed by atoms with E-state index < -0.39 is 0 Å². The summed E-state index contributed by atoms with van der Waals surface area (Å²) in [5.74, 6) is 0.851. The van der Waals surface area contributed by atoms with Gasteiger partial charge in [-0.05, 0) is 30.5 Å². The fourth-order valence-electron chi connectivity index (χ4n) is 1.95. The van der Waals surface area contributed by atoms with Crippen molar-refractivity contribution in [2.45, 2.75) is 38.4 Å². The molecule has 0 saturated heterocycles. The summed E-state index contributed by atoms with van der Waals surface area (Å²) in [6, 6.07) is 8.00. The summed E-state index contributed by atoms with van der Waals surface area (Å²) >= 11 is 1.45. The molecule has 0 bridgehead atoms. The number of amides is 1. The molecular weight excluding hydrogens is 282 g/mol. The highest BCUT2D eigenvalue weighted by Gasteiger charge is 2.07. The Bertz CT molecular complexity index is 590. The third kappa shape index (κ3) is 4.36. The van der Waals surface area contributed by atoms with E-state index in [-0.39, 0.29) is 5.91 Å². The Kier molecular flexibility index (Phi) is 5.44. The number of carbonyl (C=O) groups excluding carboxylic acids is 1. The van der Waals surface area contributed by atoms with Gasteiger partial charge in [0.2, 0.25) is 5.91 Å². The monoisotopic (exact) mass is 303 g/mol. The summed E-state index contributed by atoms with van der Waals surface area (Å²) in [4.78, 5) is 16.2. The third-order valence-corrected chi connectivity index (χ3v) is 4.22. The minimum atomic E-state index is -0.0112. The molecule has 0 radical (unpaired) electrons. The second-order valence-electron chi connectivity index (χ2n) is 5.11. The number of anilines is 1. The molecule has 21 heavy (non-hydrogen) atoms. The van der Waals surface area contributed by atoms with Crippen molar-refractivity contribution >= 4 is 23.4 Å². The van der Waals surface area contributed by atoms with E-state index in [0.29, 0.717) is 11.7 Å². The van der Waals surface area contributed by atoms with Gasteiger partial charge >= 0.3 is 0 Å². The molecule has 1 N–H and O–H groups in total. The van der Waals surface area contributed by atoms with Crippen LogP contribution in [0.15, 0.2) is 41.8 Å². The lowest BCUT2D eigenvalue weighted by Crippen LogP contribution is -2.14. The quantitative estimate of drug-likeness (QED) is 0.827. The van der Waals surface area contributed by atoms with E-state index in [0.717, 1.165) is 17.4 Å². The minimum Gasteiger partial charge on any atom is -0.326 e. The Labute approximate surface area is 130 Å². The number of aromatic nitrogens is 2. The van der Waals surface area contributed by atoms with Gasteiger partial charge in [0.05, 0.1) is 5.75 Å². The lowest BCUT2D eigenvalue weighted by molar-refractivity contribution is -0.113. The zero-order chi connectivity index (χ0) is 15.2. The predicted molar refractivity (Wildman–Crippen MR) is 87.8 cm³/mol. The first-order valence-electron chi connectivity index (χ1n) is 7.14. The molecule has 1 amide bonds. The summed E-state index contributed by atoms with van der Waals surface area (Å²) in [7, 11) is 0. The molecule has 0 unspecified atom stereocenters. The molecule has 0 fully saturated rings. The van der Waals surface area contributed by atoms with Gasteiger partial charge in [0.1, 0.15) is 0 Å². The van der Waals surface area contributed by atoms with Crippen LogP contribution in [0.2, 0.25) is 0 Å². The number of thioether (sulfide) groups is 1. The summed E-state index contributed by atoms with van der Waals surface area (Å²) in [5.41, 5.74) is 2.11. The van der Waals surface area contributed by atoms with Gasteiger partial charge in [-0.25, -0.2) is 4.98 Å². The van der Waals surface area contributed by atoms with Gasteiger partial charge in [0.15, 0.2) is 5.16 Å². The Morgan fingerprint density at radius 3 is 2.67 bits per heavy atom. The molecule has 0 saturated carbocycles. The second kappa shape index (κ2) is 7.31. The Balaban J connectivity index is 1.87. The topological polar surface area (TPSA) is 46.9 Å². The van der Waals surface area contributed by atoms with Gasteiger partial charge in [0.25, 0.3) is 0 Å². The van der Waals surface area contributed by atoms with Crippen LogP contribution in [0, 0.1) is 0 Å². The SMILES string of the molecule is CCn1ccnc1SCC(=O)Nc1ccc(C(C)C)cc1. The molecule has 0 aliphatic rings. The lowest BCUT2D eigenvalue weighted by atomic mass is 10.0. The predicted octanol–water partition coefficient (Wildman–Crippen LogP) is 3.76. The van der Waals surface area contributed by atoms with Crippen molar-refractivity contribution in [2.24, 2.45) is 0 Å². The third-order valence-electron chi connectivity index (χ3n) is 3.21. The first-order valence-corrected chi connectivity index (χ1v) is 8.12. The number of nitrogens with zero attached hydrogens (tertiary/aromatic N) is 2. The van der Waals surface area contributed by atoms with Gasteiger partial charge in [-0.1, -0.05) is 37.7 Å². The van der Waals surface area contributed by atoms with Crippen LogP contribution in [0.25, 0.3) is 0 Å². The largest absolute Gasteiger partial charge is 0.326 e. The standard InChI is InChI=1S/C16H21N3OS/c1-4-19-10-9-17-16(19)21-11-15(20)18-14-7-5-13(6-8-14)12(2)3/h5-10,12H,4,11H2,1-3H3,(H,18,20). The molecule has 2 aromatic rings. The van der Waals surface area contributed by atoms with Crippen molar-refractivity contribution in [2.75, 3.05) is 11.1 Å². The van der Waals surface area contributed by atoms with Crippen LogP contribution < -0.4 is 5.32 Å². The van der Waals surface area contributed by atoms with E-state index in [1.807, 2.05) is 22.9 Å². The van der Waals surface area contributed by atoms with E-state index in [4.69, 9.17) is 0 Å². The van der Waals surface area contributed by atoms with Crippen molar-refractivity contribution in [1.29, 1.82) is 0 Å². The van der Waals surface area contributed by atoms with E-state index in [1.165, 1.54) is 17.3 Å². The van der Waals surface area contributed by atoms with Gasteiger partial charge in [-0.2, -0.15) is 0 Å². The van der Waals surface area contributed by atoms with E-state index >= 15 is 0 Å². The highest BCUT2D eigenvalue weighted by molar-refractivity contribution is 7.99. The molecule has 112 valence electrons. The number of carbonyl (C=O) groups is 1. The normalized spacial score (nSPS) is 10.9. The molecule has 1 heterocycles. The van der Waals surface area contributed by atoms with Crippen molar-refractivity contribution in [1.82, 2.24) is 9.55 Å². The second-order valence-corrected chi connectivity index (χ2v) is 6.05. The number of imidazole rings is 1. The van der Waals surface area contributed by atoms with Crippen molar-refractivity contribution in [3.8, 4) is 0 Å². The number of aryl methyl sites for hydroxylation is 1. The summed E-state index contributed by atoms with van der Waals surface area (Å²) in [6.45, 7) is 7.23. The number of rotatable bonds is 6. The molecule has 5 heteroatoms. The van der Waals surface area contributed by atoms with Crippen LogP contribution >= 0.6 is 11.8 Å². The van der Waals surface area contributed by atoms with Gasteiger partial charge in [0, 0.05) is 24.6 Å². The van der Waals surface area contributed by atoms with Crippen molar-refractivity contribution in [3.05, 3.63) is 42.2 Å². The van der Waals surface area contributed by atoms with Gasteiger partial charge in [-0.3, -0.25) is 4.79 Å². The van der Waals surface area contributed by atoms with Crippen LogP contribution in [0.5, 0.6) is 0 Å². The Hall–Kier alpha value is -1.75. The lowest BCUT2D eigenvalue weighted by Gasteiger charge is -2.08. The van der Waals surface area contributed by atoms with Crippen LogP contribution in [0.1, 0.15) is 32.3 Å².